The number of guanidine groups is 1. The summed E-state index contributed by atoms with van der Waals surface area (Å²) in [7, 11) is 0. The average Bonchev–Trinajstić information content (AvgIpc) is 3.42. The van der Waals surface area contributed by atoms with Gasteiger partial charge in [-0.15, -0.1) is 0 Å². The number of aliphatic hydroxyl groups excluding tert-OH is 1. The van der Waals surface area contributed by atoms with Gasteiger partial charge >= 0.3 is 0 Å². The summed E-state index contributed by atoms with van der Waals surface area (Å²) in [5, 5.41) is 21.8. The maximum Gasteiger partial charge on any atom is 0.196 e. The number of nitrogens with zero attached hydrogens (tertiary/aromatic N) is 1. The third-order valence-corrected chi connectivity index (χ3v) is 6.86. The summed E-state index contributed by atoms with van der Waals surface area (Å²) >= 11 is 0. The van der Waals surface area contributed by atoms with Gasteiger partial charge in [-0.2, -0.15) is 0 Å². The standard InChI is InChI=1S/C26H37N3O6/c1-13(2)20-22-15(11-19(35-22)26(3,4)32)23(33-14-7-5-6-8-14)21-17(31)12-18(34-24(20)21)16(30)9-10-29-25(27)28/h12-14,16,19,30,32H,5-11H2,1-4H3,(H4,27,28,29)/t16-,19+/m1/s1. The first-order valence-electron chi connectivity index (χ1n) is 12.4. The van der Waals surface area contributed by atoms with Gasteiger partial charge in [0.15, 0.2) is 11.4 Å². The minimum Gasteiger partial charge on any atom is -0.489 e. The molecule has 6 N–H and O–H groups in total. The van der Waals surface area contributed by atoms with Crippen LogP contribution in [0.3, 0.4) is 0 Å². The second-order valence-corrected chi connectivity index (χ2v) is 10.5. The van der Waals surface area contributed by atoms with Gasteiger partial charge in [0.1, 0.15) is 40.4 Å². The van der Waals surface area contributed by atoms with E-state index in [1.807, 2.05) is 13.8 Å². The molecule has 1 aromatic heterocycles. The smallest absolute Gasteiger partial charge is 0.196 e. The summed E-state index contributed by atoms with van der Waals surface area (Å²) in [6.45, 7) is 7.61. The zero-order valence-electron chi connectivity index (χ0n) is 21.0. The quantitative estimate of drug-likeness (QED) is 0.327. The summed E-state index contributed by atoms with van der Waals surface area (Å²) in [6, 6.07) is 1.32. The number of nitrogens with two attached hydrogens (primary N) is 2. The van der Waals surface area contributed by atoms with E-state index in [0.717, 1.165) is 36.8 Å². The molecule has 0 radical (unpaired) electrons. The van der Waals surface area contributed by atoms with Crippen LogP contribution in [0.5, 0.6) is 11.5 Å². The summed E-state index contributed by atoms with van der Waals surface area (Å²) in [5.74, 6) is 1.10. The van der Waals surface area contributed by atoms with Gasteiger partial charge in [0, 0.05) is 36.6 Å². The van der Waals surface area contributed by atoms with Crippen molar-refractivity contribution in [1.82, 2.24) is 0 Å². The third kappa shape index (κ3) is 5.11. The lowest BCUT2D eigenvalue weighted by molar-refractivity contribution is -0.0233. The maximum absolute atomic E-state index is 13.5. The van der Waals surface area contributed by atoms with E-state index in [1.54, 1.807) is 13.8 Å². The number of rotatable bonds is 8. The van der Waals surface area contributed by atoms with E-state index >= 15 is 0 Å². The molecule has 4 rings (SSSR count). The highest BCUT2D eigenvalue weighted by molar-refractivity contribution is 5.91. The van der Waals surface area contributed by atoms with Crippen molar-refractivity contribution in [3.63, 3.8) is 0 Å². The highest BCUT2D eigenvalue weighted by Crippen LogP contribution is 2.49. The fourth-order valence-corrected chi connectivity index (χ4v) is 4.97. The lowest BCUT2D eigenvalue weighted by Crippen LogP contribution is -2.39. The Morgan fingerprint density at radius 2 is 1.97 bits per heavy atom. The zero-order chi connectivity index (χ0) is 25.5. The van der Waals surface area contributed by atoms with E-state index in [0.29, 0.717) is 28.9 Å². The van der Waals surface area contributed by atoms with E-state index in [4.69, 9.17) is 25.4 Å². The Hall–Kier alpha value is -2.78. The SMILES string of the molecule is CC(C)c1c2c(c(OC3CCCC3)c3c(=O)cc([C@H](O)CCN=C(N)N)oc13)C[C@@H](C(C)(C)O)O2. The van der Waals surface area contributed by atoms with Gasteiger partial charge < -0.3 is 35.6 Å². The fraction of sp³-hybridized carbons (Fsp3) is 0.615. The number of aliphatic hydroxyl groups is 2. The van der Waals surface area contributed by atoms with Crippen LogP contribution >= 0.6 is 0 Å². The van der Waals surface area contributed by atoms with Crippen LogP contribution in [0.1, 0.15) is 88.7 Å². The summed E-state index contributed by atoms with van der Waals surface area (Å²) in [4.78, 5) is 17.4. The highest BCUT2D eigenvalue weighted by Gasteiger charge is 2.41. The van der Waals surface area contributed by atoms with Crippen LogP contribution in [0.4, 0.5) is 0 Å². The molecule has 2 aromatic rings. The largest absolute Gasteiger partial charge is 0.489 e. The molecule has 1 aliphatic heterocycles. The Morgan fingerprint density at radius 3 is 2.57 bits per heavy atom. The molecular formula is C26H37N3O6. The lowest BCUT2D eigenvalue weighted by Gasteiger charge is -2.25. The van der Waals surface area contributed by atoms with Crippen LogP contribution in [0.25, 0.3) is 11.0 Å². The van der Waals surface area contributed by atoms with Crippen LogP contribution in [0.15, 0.2) is 20.3 Å². The average molecular weight is 488 g/mol. The molecule has 2 atom stereocenters. The molecule has 1 fully saturated rings. The molecule has 0 spiro atoms. The van der Waals surface area contributed by atoms with E-state index in [1.165, 1.54) is 6.07 Å². The van der Waals surface area contributed by atoms with Crippen molar-refractivity contribution in [2.45, 2.75) is 96.1 Å². The van der Waals surface area contributed by atoms with Gasteiger partial charge in [-0.25, -0.2) is 0 Å². The number of hydrogen-bond donors (Lipinski definition) is 4. The molecule has 1 aliphatic carbocycles. The van der Waals surface area contributed by atoms with Crippen molar-refractivity contribution in [3.8, 4) is 11.5 Å². The van der Waals surface area contributed by atoms with Crippen molar-refractivity contribution in [2.24, 2.45) is 16.5 Å². The lowest BCUT2D eigenvalue weighted by atomic mass is 9.92. The van der Waals surface area contributed by atoms with Gasteiger partial charge in [-0.05, 0) is 45.4 Å². The first-order valence-corrected chi connectivity index (χ1v) is 12.4. The number of fused-ring (bicyclic) bond motifs is 2. The van der Waals surface area contributed by atoms with Crippen LogP contribution in [-0.2, 0) is 6.42 Å². The topological polar surface area (TPSA) is 154 Å². The van der Waals surface area contributed by atoms with Crippen molar-refractivity contribution in [2.75, 3.05) is 6.54 Å². The maximum atomic E-state index is 13.5. The van der Waals surface area contributed by atoms with Crippen LogP contribution in [-0.4, -0.2) is 40.5 Å². The minimum absolute atomic E-state index is 0.0117. The normalized spacial score (nSPS) is 19.1. The molecule has 1 saturated carbocycles. The van der Waals surface area contributed by atoms with Gasteiger partial charge in [0.2, 0.25) is 0 Å². The molecule has 0 bridgehead atoms. The Labute approximate surface area is 205 Å². The van der Waals surface area contributed by atoms with Crippen molar-refractivity contribution in [3.05, 3.63) is 33.2 Å². The Morgan fingerprint density at radius 1 is 1.29 bits per heavy atom. The summed E-state index contributed by atoms with van der Waals surface area (Å²) in [5.41, 5.74) is 11.3. The molecule has 0 unspecified atom stereocenters. The number of hydrogen-bond acceptors (Lipinski definition) is 7. The highest BCUT2D eigenvalue weighted by atomic mass is 16.5. The van der Waals surface area contributed by atoms with Gasteiger partial charge in [-0.1, -0.05) is 13.8 Å². The van der Waals surface area contributed by atoms with Crippen LogP contribution in [0, 0.1) is 0 Å². The van der Waals surface area contributed by atoms with Gasteiger partial charge in [0.25, 0.3) is 0 Å². The Balaban J connectivity index is 1.90. The van der Waals surface area contributed by atoms with E-state index in [9.17, 15) is 15.0 Å². The molecule has 0 saturated heterocycles. The molecule has 9 heteroatoms. The molecule has 35 heavy (non-hydrogen) atoms. The van der Waals surface area contributed by atoms with Crippen LogP contribution in [0.2, 0.25) is 0 Å². The number of benzene rings is 1. The van der Waals surface area contributed by atoms with Crippen LogP contribution < -0.4 is 26.4 Å². The molecule has 9 nitrogen and oxygen atoms in total. The molecule has 1 aromatic carbocycles. The molecule has 2 heterocycles. The van der Waals surface area contributed by atoms with Crippen molar-refractivity contribution < 1.29 is 24.1 Å². The van der Waals surface area contributed by atoms with E-state index in [-0.39, 0.29) is 42.1 Å². The molecule has 2 aliphatic rings. The van der Waals surface area contributed by atoms with E-state index in [2.05, 4.69) is 4.99 Å². The third-order valence-electron chi connectivity index (χ3n) is 6.86. The Kier molecular flexibility index (Phi) is 7.02. The number of ether oxygens (including phenoxy) is 2. The predicted octanol–water partition coefficient (Wildman–Crippen LogP) is 3.01. The monoisotopic (exact) mass is 487 g/mol. The van der Waals surface area contributed by atoms with Gasteiger partial charge in [0.05, 0.1) is 11.7 Å². The molecular weight excluding hydrogens is 450 g/mol. The van der Waals surface area contributed by atoms with Crippen molar-refractivity contribution >= 4 is 16.9 Å². The molecule has 192 valence electrons. The van der Waals surface area contributed by atoms with Gasteiger partial charge in [-0.3, -0.25) is 9.79 Å². The fourth-order valence-electron chi connectivity index (χ4n) is 4.97. The Bertz CT molecular complexity index is 1170. The first-order chi connectivity index (χ1) is 16.5. The van der Waals surface area contributed by atoms with E-state index < -0.39 is 17.8 Å². The summed E-state index contributed by atoms with van der Waals surface area (Å²) < 4.78 is 19.0. The summed E-state index contributed by atoms with van der Waals surface area (Å²) in [6.07, 6.45) is 3.09. The second kappa shape index (κ2) is 9.70. The zero-order valence-corrected chi connectivity index (χ0v) is 21.0. The second-order valence-electron chi connectivity index (χ2n) is 10.5. The minimum atomic E-state index is -1.09. The first kappa shape index (κ1) is 25.3. The van der Waals surface area contributed by atoms with Crippen molar-refractivity contribution in [1.29, 1.82) is 0 Å². The predicted molar refractivity (Wildman–Crippen MR) is 134 cm³/mol. The number of aliphatic imine (C=N–C) groups is 1. The molecule has 0 amide bonds.